The predicted molar refractivity (Wildman–Crippen MR) is 67.0 cm³/mol. The Balaban J connectivity index is 3.25. The van der Waals surface area contributed by atoms with Gasteiger partial charge in [0.2, 0.25) is 0 Å². The van der Waals surface area contributed by atoms with Gasteiger partial charge in [-0.2, -0.15) is 0 Å². The minimum Gasteiger partial charge on any atom is -0.397 e. The van der Waals surface area contributed by atoms with E-state index in [2.05, 4.69) is 12.1 Å². The van der Waals surface area contributed by atoms with Crippen molar-refractivity contribution >= 4 is 29.2 Å². The van der Waals surface area contributed by atoms with Crippen molar-refractivity contribution < 1.29 is 0 Å². The average Bonchev–Trinajstić information content (AvgIpc) is 2.17. The van der Waals surface area contributed by atoms with Crippen LogP contribution in [0, 0.1) is 0 Å². The van der Waals surface area contributed by atoms with Gasteiger partial charge < -0.3 is 11.5 Å². The molecule has 1 unspecified atom stereocenters. The van der Waals surface area contributed by atoms with Crippen molar-refractivity contribution in [1.82, 2.24) is 0 Å². The first-order valence-corrected chi connectivity index (χ1v) is 6.82. The topological polar surface area (TPSA) is 52.0 Å². The molecule has 1 atom stereocenters. The highest BCUT2D eigenvalue weighted by Gasteiger charge is 2.08. The molecule has 0 spiro atoms. The van der Waals surface area contributed by atoms with Crippen LogP contribution in [0.3, 0.4) is 0 Å². The molecule has 0 amide bonds. The van der Waals surface area contributed by atoms with E-state index in [1.807, 2.05) is 19.4 Å². The summed E-state index contributed by atoms with van der Waals surface area (Å²) in [6, 6.07) is 4.21. The molecular formula is C10H16N2S2. The van der Waals surface area contributed by atoms with Gasteiger partial charge in [0.1, 0.15) is 0 Å². The second-order valence-corrected chi connectivity index (χ2v) is 4.82. The summed E-state index contributed by atoms with van der Waals surface area (Å²) in [5.41, 5.74) is 13.9. The van der Waals surface area contributed by atoms with Crippen molar-refractivity contribution in [2.24, 2.45) is 5.73 Å². The molecule has 0 bridgehead atoms. The number of benzene rings is 1. The SMILES string of the molecule is CSc1cc(C(C)N)cc(SC)c1N. The van der Waals surface area contributed by atoms with Crippen molar-refractivity contribution in [3.8, 4) is 0 Å². The van der Waals surface area contributed by atoms with Gasteiger partial charge in [-0.3, -0.25) is 0 Å². The van der Waals surface area contributed by atoms with Crippen molar-refractivity contribution in [2.45, 2.75) is 22.8 Å². The summed E-state index contributed by atoms with van der Waals surface area (Å²) in [6.45, 7) is 1.99. The van der Waals surface area contributed by atoms with E-state index < -0.39 is 0 Å². The van der Waals surface area contributed by atoms with Gasteiger partial charge in [0.25, 0.3) is 0 Å². The molecule has 1 aromatic rings. The van der Waals surface area contributed by atoms with Crippen LogP contribution in [0.2, 0.25) is 0 Å². The maximum absolute atomic E-state index is 5.99. The Morgan fingerprint density at radius 3 is 1.86 bits per heavy atom. The predicted octanol–water partition coefficient (Wildman–Crippen LogP) is 2.73. The van der Waals surface area contributed by atoms with E-state index in [4.69, 9.17) is 11.5 Å². The van der Waals surface area contributed by atoms with Crippen LogP contribution in [-0.2, 0) is 0 Å². The van der Waals surface area contributed by atoms with Gasteiger partial charge in [0.15, 0.2) is 0 Å². The average molecular weight is 228 g/mol. The summed E-state index contributed by atoms with van der Waals surface area (Å²) in [5, 5.41) is 0. The molecule has 0 fully saturated rings. The van der Waals surface area contributed by atoms with Gasteiger partial charge in [0, 0.05) is 15.8 Å². The van der Waals surface area contributed by atoms with Crippen LogP contribution in [0.4, 0.5) is 5.69 Å². The van der Waals surface area contributed by atoms with E-state index in [0.717, 1.165) is 21.0 Å². The van der Waals surface area contributed by atoms with E-state index in [1.54, 1.807) is 23.5 Å². The van der Waals surface area contributed by atoms with Crippen LogP contribution in [0.15, 0.2) is 21.9 Å². The largest absolute Gasteiger partial charge is 0.397 e. The molecule has 0 aliphatic heterocycles. The van der Waals surface area contributed by atoms with E-state index in [0.29, 0.717) is 0 Å². The van der Waals surface area contributed by atoms with Crippen molar-refractivity contribution in [3.05, 3.63) is 17.7 Å². The normalized spacial score (nSPS) is 12.9. The highest BCUT2D eigenvalue weighted by molar-refractivity contribution is 7.99. The molecule has 2 nitrogen and oxygen atoms in total. The number of thioether (sulfide) groups is 2. The molecule has 0 aliphatic carbocycles. The highest BCUT2D eigenvalue weighted by atomic mass is 32.2. The smallest absolute Gasteiger partial charge is 0.0590 e. The minimum atomic E-state index is 0.0624. The molecule has 0 saturated heterocycles. The number of nitrogens with two attached hydrogens (primary N) is 2. The van der Waals surface area contributed by atoms with Gasteiger partial charge in [-0.25, -0.2) is 0 Å². The van der Waals surface area contributed by atoms with Crippen LogP contribution >= 0.6 is 23.5 Å². The van der Waals surface area contributed by atoms with E-state index in [9.17, 15) is 0 Å². The zero-order valence-corrected chi connectivity index (χ0v) is 10.3. The number of rotatable bonds is 3. The van der Waals surface area contributed by atoms with Crippen LogP contribution < -0.4 is 11.5 Å². The Bertz CT molecular complexity index is 299. The molecule has 0 aliphatic rings. The fourth-order valence-corrected chi connectivity index (χ4v) is 2.45. The molecule has 1 aromatic carbocycles. The molecule has 78 valence electrons. The van der Waals surface area contributed by atoms with Gasteiger partial charge in [-0.1, -0.05) is 0 Å². The first-order valence-electron chi connectivity index (χ1n) is 4.37. The third kappa shape index (κ3) is 2.38. The molecule has 4 heteroatoms. The van der Waals surface area contributed by atoms with Gasteiger partial charge >= 0.3 is 0 Å². The molecule has 0 aromatic heterocycles. The summed E-state index contributed by atoms with van der Waals surface area (Å²) in [5.74, 6) is 0. The second-order valence-electron chi connectivity index (χ2n) is 3.13. The monoisotopic (exact) mass is 228 g/mol. The van der Waals surface area contributed by atoms with Crippen molar-refractivity contribution in [3.63, 3.8) is 0 Å². The summed E-state index contributed by atoms with van der Waals surface area (Å²) in [6.07, 6.45) is 4.06. The van der Waals surface area contributed by atoms with E-state index in [1.165, 1.54) is 0 Å². The maximum atomic E-state index is 5.99. The quantitative estimate of drug-likeness (QED) is 0.617. The standard InChI is InChI=1S/C10H16N2S2/c1-6(11)7-4-8(13-2)10(12)9(5-7)14-3/h4-6H,11-12H2,1-3H3. The van der Waals surface area contributed by atoms with Crippen LogP contribution in [-0.4, -0.2) is 12.5 Å². The minimum absolute atomic E-state index is 0.0624. The van der Waals surface area contributed by atoms with Crippen molar-refractivity contribution in [2.75, 3.05) is 18.2 Å². The van der Waals surface area contributed by atoms with Gasteiger partial charge in [-0.15, -0.1) is 23.5 Å². The first kappa shape index (κ1) is 11.8. The molecule has 4 N–H and O–H groups in total. The fraction of sp³-hybridized carbons (Fsp3) is 0.400. The Labute approximate surface area is 93.8 Å². The zero-order valence-electron chi connectivity index (χ0n) is 8.70. The summed E-state index contributed by atoms with van der Waals surface area (Å²) >= 11 is 3.33. The molecule has 0 heterocycles. The Kier molecular flexibility index (Phi) is 4.16. The number of anilines is 1. The lowest BCUT2D eigenvalue weighted by Crippen LogP contribution is -2.06. The second kappa shape index (κ2) is 4.96. The van der Waals surface area contributed by atoms with E-state index in [-0.39, 0.29) is 6.04 Å². The molecule has 0 radical (unpaired) electrons. The van der Waals surface area contributed by atoms with E-state index >= 15 is 0 Å². The van der Waals surface area contributed by atoms with Crippen LogP contribution in [0.1, 0.15) is 18.5 Å². The molecule has 1 rings (SSSR count). The maximum Gasteiger partial charge on any atom is 0.0590 e. The fourth-order valence-electron chi connectivity index (χ4n) is 1.22. The molecular weight excluding hydrogens is 212 g/mol. The van der Waals surface area contributed by atoms with Crippen molar-refractivity contribution in [1.29, 1.82) is 0 Å². The number of nitrogen functional groups attached to an aromatic ring is 1. The zero-order chi connectivity index (χ0) is 10.7. The third-order valence-corrected chi connectivity index (χ3v) is 3.65. The lowest BCUT2D eigenvalue weighted by Gasteiger charge is -2.13. The third-order valence-electron chi connectivity index (χ3n) is 2.09. The summed E-state index contributed by atoms with van der Waals surface area (Å²) in [7, 11) is 0. The Morgan fingerprint density at radius 2 is 1.57 bits per heavy atom. The first-order chi connectivity index (χ1) is 6.60. The van der Waals surface area contributed by atoms with Gasteiger partial charge in [0.05, 0.1) is 5.69 Å². The summed E-state index contributed by atoms with van der Waals surface area (Å²) < 4.78 is 0. The summed E-state index contributed by atoms with van der Waals surface area (Å²) in [4.78, 5) is 2.23. The lowest BCUT2D eigenvalue weighted by atomic mass is 10.1. The molecule has 14 heavy (non-hydrogen) atoms. The Morgan fingerprint density at radius 1 is 1.14 bits per heavy atom. The van der Waals surface area contributed by atoms with Crippen LogP contribution in [0.5, 0.6) is 0 Å². The molecule has 0 saturated carbocycles. The van der Waals surface area contributed by atoms with Gasteiger partial charge in [-0.05, 0) is 37.1 Å². The number of hydrogen-bond acceptors (Lipinski definition) is 4. The highest BCUT2D eigenvalue weighted by Crippen LogP contribution is 2.34. The van der Waals surface area contributed by atoms with Crippen LogP contribution in [0.25, 0.3) is 0 Å². The lowest BCUT2D eigenvalue weighted by molar-refractivity contribution is 0.811. The Hall–Kier alpha value is -0.320. The number of hydrogen-bond donors (Lipinski definition) is 2.